The van der Waals surface area contributed by atoms with Crippen molar-refractivity contribution >= 4 is 29.0 Å². The van der Waals surface area contributed by atoms with Gasteiger partial charge in [0.05, 0.1) is 22.1 Å². The van der Waals surface area contributed by atoms with Crippen molar-refractivity contribution in [2.45, 2.75) is 17.1 Å². The van der Waals surface area contributed by atoms with Crippen LogP contribution >= 0.6 is 11.8 Å². The number of thioether (sulfide) groups is 1. The maximum atomic E-state index is 12.0. The number of anilines is 1. The van der Waals surface area contributed by atoms with Crippen molar-refractivity contribution in [1.82, 2.24) is 4.98 Å². The Kier molecular flexibility index (Phi) is 4.89. The van der Waals surface area contributed by atoms with E-state index in [0.29, 0.717) is 5.69 Å². The topological polar surface area (TPSA) is 85.1 Å². The minimum atomic E-state index is -0.451. The third-order valence-corrected chi connectivity index (χ3v) is 3.77. The first-order chi connectivity index (χ1) is 10.1. The minimum Gasteiger partial charge on any atom is -0.324 e. The summed E-state index contributed by atoms with van der Waals surface area (Å²) in [6.45, 7) is 1.78. The molecule has 0 aliphatic heterocycles. The number of pyridine rings is 1. The molecular weight excluding hydrogens is 290 g/mol. The Morgan fingerprint density at radius 2 is 2.05 bits per heavy atom. The molecule has 108 valence electrons. The molecule has 21 heavy (non-hydrogen) atoms. The molecule has 0 aliphatic carbocycles. The Balaban J connectivity index is 1.95. The maximum Gasteiger partial charge on any atom is 0.269 e. The van der Waals surface area contributed by atoms with E-state index in [9.17, 15) is 14.9 Å². The van der Waals surface area contributed by atoms with Crippen LogP contribution in [0.4, 0.5) is 11.4 Å². The normalized spacial score (nSPS) is 11.7. The lowest BCUT2D eigenvalue weighted by molar-refractivity contribution is -0.384. The fraction of sp³-hybridized carbons (Fsp3) is 0.143. The zero-order valence-electron chi connectivity index (χ0n) is 11.2. The zero-order chi connectivity index (χ0) is 15.2. The van der Waals surface area contributed by atoms with E-state index >= 15 is 0 Å². The molecule has 0 radical (unpaired) electrons. The number of nitro groups is 1. The fourth-order valence-electron chi connectivity index (χ4n) is 1.58. The molecule has 0 bridgehead atoms. The average molecular weight is 303 g/mol. The van der Waals surface area contributed by atoms with E-state index in [2.05, 4.69) is 10.3 Å². The fourth-order valence-corrected chi connectivity index (χ4v) is 2.45. The number of benzene rings is 1. The third kappa shape index (κ3) is 4.28. The summed E-state index contributed by atoms with van der Waals surface area (Å²) >= 11 is 1.34. The first-order valence-corrected chi connectivity index (χ1v) is 7.06. The largest absolute Gasteiger partial charge is 0.324 e. The summed E-state index contributed by atoms with van der Waals surface area (Å²) in [5, 5.41) is 13.0. The molecule has 0 aliphatic rings. The van der Waals surface area contributed by atoms with Crippen molar-refractivity contribution in [2.75, 3.05) is 5.32 Å². The van der Waals surface area contributed by atoms with Gasteiger partial charge in [0.2, 0.25) is 5.91 Å². The van der Waals surface area contributed by atoms with Gasteiger partial charge in [-0.3, -0.25) is 19.9 Å². The van der Waals surface area contributed by atoms with Crippen molar-refractivity contribution in [3.8, 4) is 0 Å². The molecule has 1 amide bonds. The second kappa shape index (κ2) is 6.85. The number of carbonyl (C=O) groups excluding carboxylic acids is 1. The highest BCUT2D eigenvalue weighted by atomic mass is 32.2. The number of nitrogens with one attached hydrogen (secondary N) is 1. The Hall–Kier alpha value is -2.41. The van der Waals surface area contributed by atoms with Gasteiger partial charge in [-0.1, -0.05) is 0 Å². The quantitative estimate of drug-likeness (QED) is 0.521. The molecule has 0 saturated carbocycles. The summed E-state index contributed by atoms with van der Waals surface area (Å²) in [5.74, 6) is -0.147. The van der Waals surface area contributed by atoms with Gasteiger partial charge >= 0.3 is 0 Å². The second-order valence-electron chi connectivity index (χ2n) is 4.24. The van der Waals surface area contributed by atoms with Crippen molar-refractivity contribution in [3.63, 3.8) is 0 Å². The number of hydrogen-bond acceptors (Lipinski definition) is 5. The SMILES string of the molecule is CC(Sc1ccc([N+](=O)[O-])cc1)C(=O)Nc1cccnc1. The van der Waals surface area contributed by atoms with E-state index in [1.54, 1.807) is 43.6 Å². The maximum absolute atomic E-state index is 12.0. The smallest absolute Gasteiger partial charge is 0.269 e. The van der Waals surface area contributed by atoms with Crippen LogP contribution in [0, 0.1) is 10.1 Å². The zero-order valence-corrected chi connectivity index (χ0v) is 12.0. The lowest BCUT2D eigenvalue weighted by Gasteiger charge is -2.11. The van der Waals surface area contributed by atoms with Gasteiger partial charge in [0, 0.05) is 23.2 Å². The number of hydrogen-bond donors (Lipinski definition) is 1. The molecule has 6 nitrogen and oxygen atoms in total. The molecule has 0 saturated heterocycles. The third-order valence-electron chi connectivity index (χ3n) is 2.66. The van der Waals surface area contributed by atoms with E-state index in [-0.39, 0.29) is 16.8 Å². The van der Waals surface area contributed by atoms with E-state index in [4.69, 9.17) is 0 Å². The van der Waals surface area contributed by atoms with Gasteiger partial charge in [-0.25, -0.2) is 0 Å². The van der Waals surface area contributed by atoms with Crippen LogP contribution < -0.4 is 5.32 Å². The van der Waals surface area contributed by atoms with Gasteiger partial charge in [-0.05, 0) is 31.2 Å². The molecular formula is C14H13N3O3S. The molecule has 1 atom stereocenters. The first-order valence-electron chi connectivity index (χ1n) is 6.18. The lowest BCUT2D eigenvalue weighted by atomic mass is 10.3. The second-order valence-corrected chi connectivity index (χ2v) is 5.66. The van der Waals surface area contributed by atoms with Crippen molar-refractivity contribution in [1.29, 1.82) is 0 Å². The molecule has 1 aromatic heterocycles. The lowest BCUT2D eigenvalue weighted by Crippen LogP contribution is -2.22. The summed E-state index contributed by atoms with van der Waals surface area (Å²) in [4.78, 5) is 26.9. The van der Waals surface area contributed by atoms with Crippen molar-refractivity contribution in [3.05, 3.63) is 58.9 Å². The van der Waals surface area contributed by atoms with Crippen LogP contribution in [-0.2, 0) is 4.79 Å². The van der Waals surface area contributed by atoms with Gasteiger partial charge < -0.3 is 5.32 Å². The molecule has 1 N–H and O–H groups in total. The Labute approximate surface area is 125 Å². The molecule has 1 unspecified atom stereocenters. The highest BCUT2D eigenvalue weighted by Gasteiger charge is 2.15. The van der Waals surface area contributed by atoms with Gasteiger partial charge in [0.1, 0.15) is 0 Å². The van der Waals surface area contributed by atoms with E-state index in [0.717, 1.165) is 4.90 Å². The molecule has 1 aromatic carbocycles. The summed E-state index contributed by atoms with van der Waals surface area (Å²) in [7, 11) is 0. The molecule has 0 fully saturated rings. The number of aromatic nitrogens is 1. The predicted molar refractivity (Wildman–Crippen MR) is 81.3 cm³/mol. The standard InChI is InChI=1S/C14H13N3O3S/c1-10(14(18)16-11-3-2-8-15-9-11)21-13-6-4-12(5-7-13)17(19)20/h2-10H,1H3,(H,16,18). The number of nitrogens with zero attached hydrogens (tertiary/aromatic N) is 2. The molecule has 1 heterocycles. The Morgan fingerprint density at radius 1 is 1.33 bits per heavy atom. The summed E-state index contributed by atoms with van der Waals surface area (Å²) < 4.78 is 0. The summed E-state index contributed by atoms with van der Waals surface area (Å²) in [6, 6.07) is 9.62. The van der Waals surface area contributed by atoms with E-state index in [1.807, 2.05) is 0 Å². The molecule has 7 heteroatoms. The van der Waals surface area contributed by atoms with Gasteiger partial charge in [-0.15, -0.1) is 11.8 Å². The average Bonchev–Trinajstić information content (AvgIpc) is 2.48. The van der Waals surface area contributed by atoms with Crippen LogP contribution in [0.5, 0.6) is 0 Å². The van der Waals surface area contributed by atoms with Crippen LogP contribution in [0.1, 0.15) is 6.92 Å². The van der Waals surface area contributed by atoms with E-state index in [1.165, 1.54) is 23.9 Å². The number of carbonyl (C=O) groups is 1. The Bertz CT molecular complexity index is 632. The van der Waals surface area contributed by atoms with Crippen molar-refractivity contribution in [2.24, 2.45) is 0 Å². The van der Waals surface area contributed by atoms with Crippen LogP contribution in [0.15, 0.2) is 53.7 Å². The highest BCUT2D eigenvalue weighted by Crippen LogP contribution is 2.26. The van der Waals surface area contributed by atoms with Crippen LogP contribution in [-0.4, -0.2) is 21.1 Å². The molecule has 0 spiro atoms. The number of rotatable bonds is 5. The number of amides is 1. The Morgan fingerprint density at radius 3 is 2.62 bits per heavy atom. The number of non-ortho nitro benzene ring substituents is 1. The highest BCUT2D eigenvalue weighted by molar-refractivity contribution is 8.00. The summed E-state index contributed by atoms with van der Waals surface area (Å²) in [5.41, 5.74) is 0.672. The van der Waals surface area contributed by atoms with Gasteiger partial charge in [0.15, 0.2) is 0 Å². The van der Waals surface area contributed by atoms with Crippen molar-refractivity contribution < 1.29 is 9.72 Å². The van der Waals surface area contributed by atoms with Crippen LogP contribution in [0.3, 0.4) is 0 Å². The molecule has 2 aromatic rings. The number of nitro benzene ring substituents is 1. The van der Waals surface area contributed by atoms with Crippen LogP contribution in [0.25, 0.3) is 0 Å². The monoisotopic (exact) mass is 303 g/mol. The van der Waals surface area contributed by atoms with Crippen LogP contribution in [0.2, 0.25) is 0 Å². The molecule has 2 rings (SSSR count). The first kappa shape index (κ1) is 15.0. The van der Waals surface area contributed by atoms with Gasteiger partial charge in [0.25, 0.3) is 5.69 Å². The minimum absolute atomic E-state index is 0.0341. The van der Waals surface area contributed by atoms with E-state index < -0.39 is 4.92 Å². The predicted octanol–water partition coefficient (Wildman–Crippen LogP) is 3.11. The summed E-state index contributed by atoms with van der Waals surface area (Å²) in [6.07, 6.45) is 3.20. The van der Waals surface area contributed by atoms with Gasteiger partial charge in [-0.2, -0.15) is 0 Å².